The lowest BCUT2D eigenvalue weighted by Gasteiger charge is -2.28. The Labute approximate surface area is 202 Å². The van der Waals surface area contributed by atoms with Crippen molar-refractivity contribution in [1.82, 2.24) is 14.9 Å². The summed E-state index contributed by atoms with van der Waals surface area (Å²) in [6.07, 6.45) is 3.53. The molecule has 4 aromatic rings. The van der Waals surface area contributed by atoms with Crippen molar-refractivity contribution in [3.05, 3.63) is 95.5 Å². The maximum atomic E-state index is 5.87. The molecule has 0 spiro atoms. The second kappa shape index (κ2) is 8.22. The Kier molecular flexibility index (Phi) is 5.03. The summed E-state index contributed by atoms with van der Waals surface area (Å²) in [5.41, 5.74) is 5.39. The summed E-state index contributed by atoms with van der Waals surface area (Å²) in [6.45, 7) is 5.18. The number of benzene rings is 1. The Hall–Kier alpha value is -3.78. The van der Waals surface area contributed by atoms with Crippen molar-refractivity contribution in [2.75, 3.05) is 11.7 Å². The summed E-state index contributed by atoms with van der Waals surface area (Å²) in [6, 6.07) is 17.9. The largest absolute Gasteiger partial charge is 0.467 e. The van der Waals surface area contributed by atoms with E-state index in [0.29, 0.717) is 11.7 Å². The van der Waals surface area contributed by atoms with Gasteiger partial charge < -0.3 is 28.7 Å². The minimum absolute atomic E-state index is 0.0978. The average molecular weight is 473 g/mol. The van der Waals surface area contributed by atoms with Gasteiger partial charge in [-0.2, -0.15) is 0 Å². The van der Waals surface area contributed by atoms with Gasteiger partial charge in [0.05, 0.1) is 30.6 Å². The summed E-state index contributed by atoms with van der Waals surface area (Å²) < 4.78 is 19.1. The molecule has 2 aliphatic heterocycles. The molecule has 172 valence electrons. The zero-order valence-corrected chi connectivity index (χ0v) is 19.7. The third kappa shape index (κ3) is 3.42. The van der Waals surface area contributed by atoms with Gasteiger partial charge in [-0.3, -0.25) is 4.98 Å². The van der Waals surface area contributed by atoms with Crippen LogP contribution in [0.3, 0.4) is 0 Å². The molecule has 2 aliphatic rings. The molecule has 0 unspecified atom stereocenters. The van der Waals surface area contributed by atoms with E-state index in [2.05, 4.69) is 39.7 Å². The molecule has 5 heterocycles. The summed E-state index contributed by atoms with van der Waals surface area (Å²) >= 11 is 5.87. The third-order valence-electron chi connectivity index (χ3n) is 6.56. The third-order valence-corrected chi connectivity index (χ3v) is 6.87. The fourth-order valence-electron chi connectivity index (χ4n) is 4.91. The van der Waals surface area contributed by atoms with Gasteiger partial charge in [-0.05, 0) is 74.1 Å². The second-order valence-electron chi connectivity index (χ2n) is 8.53. The average Bonchev–Trinajstić information content (AvgIpc) is 3.63. The fourth-order valence-corrected chi connectivity index (χ4v) is 5.26. The number of thiocarbonyl (C=S) groups is 1. The molecule has 0 saturated carbocycles. The van der Waals surface area contributed by atoms with Crippen molar-refractivity contribution in [2.24, 2.45) is 0 Å². The number of ether oxygens (including phenoxy) is 2. The molecule has 8 heteroatoms. The van der Waals surface area contributed by atoms with Gasteiger partial charge in [-0.15, -0.1) is 0 Å². The van der Waals surface area contributed by atoms with Crippen molar-refractivity contribution >= 4 is 23.0 Å². The van der Waals surface area contributed by atoms with Gasteiger partial charge in [0.2, 0.25) is 6.79 Å². The molecule has 34 heavy (non-hydrogen) atoms. The number of aromatic nitrogens is 2. The number of hydrogen-bond donors (Lipinski definition) is 1. The van der Waals surface area contributed by atoms with Crippen molar-refractivity contribution in [1.29, 1.82) is 0 Å². The van der Waals surface area contributed by atoms with E-state index in [1.54, 1.807) is 6.26 Å². The van der Waals surface area contributed by atoms with Crippen LogP contribution in [0, 0.1) is 13.8 Å². The lowest BCUT2D eigenvalue weighted by molar-refractivity contribution is 0.174. The van der Waals surface area contributed by atoms with Crippen molar-refractivity contribution < 1.29 is 13.9 Å². The smallest absolute Gasteiger partial charge is 0.231 e. The highest BCUT2D eigenvalue weighted by Crippen LogP contribution is 2.45. The van der Waals surface area contributed by atoms with Crippen molar-refractivity contribution in [2.45, 2.75) is 32.5 Å². The van der Waals surface area contributed by atoms with E-state index in [4.69, 9.17) is 26.1 Å². The van der Waals surface area contributed by atoms with Crippen LogP contribution in [0.15, 0.2) is 71.5 Å². The Bertz CT molecular complexity index is 1350. The standard InChI is InChI=1S/C26H24N4O3S/c1-16-12-20(17(2)29(16)14-19-6-5-11-31-19)25-24(21-7-3-4-10-27-21)28-26(34)30(25)18-8-9-22-23(13-18)33-15-32-22/h3-13,24-25H,14-15H2,1-2H3,(H,28,34)/t24-,25-/m0/s1. The number of anilines is 1. The van der Waals surface area contributed by atoms with Gasteiger partial charge in [0.15, 0.2) is 16.6 Å². The van der Waals surface area contributed by atoms with E-state index in [0.717, 1.165) is 40.0 Å². The number of pyridine rings is 1. The zero-order chi connectivity index (χ0) is 23.2. The quantitative estimate of drug-likeness (QED) is 0.408. The zero-order valence-electron chi connectivity index (χ0n) is 18.9. The minimum Gasteiger partial charge on any atom is -0.467 e. The van der Waals surface area contributed by atoms with Crippen LogP contribution in [0.25, 0.3) is 0 Å². The Morgan fingerprint density at radius 3 is 2.74 bits per heavy atom. The van der Waals surface area contributed by atoms with E-state index >= 15 is 0 Å². The lowest BCUT2D eigenvalue weighted by Crippen LogP contribution is -2.29. The van der Waals surface area contributed by atoms with E-state index in [1.165, 1.54) is 5.56 Å². The Balaban J connectivity index is 1.47. The summed E-state index contributed by atoms with van der Waals surface area (Å²) in [4.78, 5) is 6.82. The van der Waals surface area contributed by atoms with Crippen LogP contribution in [0.1, 0.15) is 40.5 Å². The number of furan rings is 1. The maximum absolute atomic E-state index is 5.87. The predicted octanol–water partition coefficient (Wildman–Crippen LogP) is 5.05. The van der Waals surface area contributed by atoms with E-state index < -0.39 is 0 Å². The fraction of sp³-hybridized carbons (Fsp3) is 0.231. The predicted molar refractivity (Wildman–Crippen MR) is 132 cm³/mol. The number of hydrogen-bond acceptors (Lipinski definition) is 5. The molecule has 7 nitrogen and oxygen atoms in total. The number of rotatable bonds is 5. The van der Waals surface area contributed by atoms with Gasteiger partial charge in [0.1, 0.15) is 5.76 Å². The van der Waals surface area contributed by atoms with Gasteiger partial charge in [0.25, 0.3) is 0 Å². The normalized spacial score (nSPS) is 19.0. The molecule has 0 bridgehead atoms. The van der Waals surface area contributed by atoms with E-state index in [1.807, 2.05) is 54.7 Å². The molecule has 3 aromatic heterocycles. The van der Waals surface area contributed by atoms with Gasteiger partial charge >= 0.3 is 0 Å². The van der Waals surface area contributed by atoms with Gasteiger partial charge in [0, 0.05) is 29.3 Å². The van der Waals surface area contributed by atoms with Gasteiger partial charge in [-0.1, -0.05) is 6.07 Å². The van der Waals surface area contributed by atoms with Crippen LogP contribution in [0.5, 0.6) is 11.5 Å². The molecule has 1 aromatic carbocycles. The topological polar surface area (TPSA) is 64.7 Å². The molecular weight excluding hydrogens is 448 g/mol. The molecule has 1 N–H and O–H groups in total. The number of nitrogens with one attached hydrogen (secondary N) is 1. The summed E-state index contributed by atoms with van der Waals surface area (Å²) in [7, 11) is 0. The Morgan fingerprint density at radius 2 is 1.94 bits per heavy atom. The molecule has 1 saturated heterocycles. The molecule has 0 radical (unpaired) electrons. The molecule has 2 atom stereocenters. The van der Waals surface area contributed by atoms with Crippen LogP contribution >= 0.6 is 12.2 Å². The highest BCUT2D eigenvalue weighted by Gasteiger charge is 2.42. The monoisotopic (exact) mass is 472 g/mol. The molecule has 0 aliphatic carbocycles. The second-order valence-corrected chi connectivity index (χ2v) is 8.91. The number of fused-ring (bicyclic) bond motifs is 1. The lowest BCUT2D eigenvalue weighted by atomic mass is 9.96. The first-order valence-corrected chi connectivity index (χ1v) is 11.6. The van der Waals surface area contributed by atoms with Crippen LogP contribution in [0.2, 0.25) is 0 Å². The number of nitrogens with zero attached hydrogens (tertiary/aromatic N) is 3. The van der Waals surface area contributed by atoms with Crippen molar-refractivity contribution in [3.8, 4) is 11.5 Å². The summed E-state index contributed by atoms with van der Waals surface area (Å²) in [5.74, 6) is 2.39. The van der Waals surface area contributed by atoms with Crippen LogP contribution in [-0.4, -0.2) is 21.5 Å². The van der Waals surface area contributed by atoms with Crippen molar-refractivity contribution in [3.63, 3.8) is 0 Å². The van der Waals surface area contributed by atoms with Crippen LogP contribution in [-0.2, 0) is 6.54 Å². The molecular formula is C26H24N4O3S. The van der Waals surface area contributed by atoms with E-state index in [9.17, 15) is 0 Å². The van der Waals surface area contributed by atoms with Crippen LogP contribution in [0.4, 0.5) is 5.69 Å². The summed E-state index contributed by atoms with van der Waals surface area (Å²) in [5, 5.41) is 4.18. The molecule has 6 rings (SSSR count). The van der Waals surface area contributed by atoms with Crippen LogP contribution < -0.4 is 19.7 Å². The number of aryl methyl sites for hydroxylation is 1. The first-order valence-electron chi connectivity index (χ1n) is 11.2. The highest BCUT2D eigenvalue weighted by molar-refractivity contribution is 7.80. The minimum atomic E-state index is -0.114. The molecule has 1 fully saturated rings. The highest BCUT2D eigenvalue weighted by atomic mass is 32.1. The molecule has 0 amide bonds. The maximum Gasteiger partial charge on any atom is 0.231 e. The SMILES string of the molecule is Cc1cc([C@H]2[C@H](c3ccccn3)NC(=S)N2c2ccc3c(c2)OCO3)c(C)n1Cc1ccco1. The van der Waals surface area contributed by atoms with Gasteiger partial charge in [-0.25, -0.2) is 0 Å². The van der Waals surface area contributed by atoms with E-state index in [-0.39, 0.29) is 18.9 Å². The Morgan fingerprint density at radius 1 is 1.06 bits per heavy atom. The first-order chi connectivity index (χ1) is 16.6. The first kappa shape index (κ1) is 20.8.